The summed E-state index contributed by atoms with van der Waals surface area (Å²) in [5, 5.41) is 71.9. The third-order valence-electron chi connectivity index (χ3n) is 7.80. The van der Waals surface area contributed by atoms with Crippen molar-refractivity contribution in [2.45, 2.75) is 23.6 Å². The van der Waals surface area contributed by atoms with Crippen molar-refractivity contribution in [3.63, 3.8) is 0 Å². The summed E-state index contributed by atoms with van der Waals surface area (Å²) in [4.78, 5) is 45.1. The van der Waals surface area contributed by atoms with Crippen molar-refractivity contribution >= 4 is 54.2 Å². The number of nitro groups is 2. The van der Waals surface area contributed by atoms with Crippen molar-refractivity contribution < 1.29 is 88.4 Å². The van der Waals surface area contributed by atoms with E-state index in [1.165, 1.54) is 61.5 Å². The van der Waals surface area contributed by atoms with Crippen LogP contribution in [0.1, 0.15) is 11.4 Å². The van der Waals surface area contributed by atoms with Gasteiger partial charge in [-0.1, -0.05) is 11.8 Å². The number of azo groups is 2. The van der Waals surface area contributed by atoms with Gasteiger partial charge in [-0.15, -0.1) is 15.3 Å². The first-order valence-corrected chi connectivity index (χ1v) is 19.1. The Morgan fingerprint density at radius 3 is 1.48 bits per heavy atom. The SMILES string of the molecule is Cc1[nH]n(-c2ccc([N+](=O)[O-])cc2)c(=O)c1N=Nc1cc(S(N)(=O)=O)ccc1[O-].Cc1[nH]n(-c2ccc([N+](=O)[O-])cc2)c(=O)c1N=Nc1cc(S([NH3+])(=O)=O)ccc1O.[Co].[Na+]. The number of aromatic amines is 2. The number of nitro benzene ring substituents is 2. The maximum absolute atomic E-state index is 12.6. The summed E-state index contributed by atoms with van der Waals surface area (Å²) in [6.07, 6.45) is 0. The minimum atomic E-state index is -4.04. The van der Waals surface area contributed by atoms with E-state index < -0.39 is 46.8 Å². The average molecular weight is 919 g/mol. The molecule has 2 heterocycles. The molecule has 0 saturated carbocycles. The summed E-state index contributed by atoms with van der Waals surface area (Å²) in [6, 6.07) is 16.9. The Morgan fingerprint density at radius 2 is 1.08 bits per heavy atom. The fourth-order valence-electron chi connectivity index (χ4n) is 4.86. The summed E-state index contributed by atoms with van der Waals surface area (Å²) in [5.41, 5.74) is -0.794. The Hall–Kier alpha value is -6.17. The molecule has 2 aromatic heterocycles. The number of quaternary nitrogens is 1. The van der Waals surface area contributed by atoms with Crippen molar-refractivity contribution in [2.75, 3.05) is 0 Å². The van der Waals surface area contributed by atoms with Gasteiger partial charge in [0.25, 0.3) is 22.5 Å². The van der Waals surface area contributed by atoms with E-state index in [0.717, 1.165) is 39.7 Å². The number of sulfonamides is 2. The van der Waals surface area contributed by atoms with Gasteiger partial charge >= 0.3 is 39.6 Å². The molecule has 0 aliphatic rings. The Morgan fingerprint density at radius 1 is 0.683 bits per heavy atom. The van der Waals surface area contributed by atoms with Gasteiger partial charge in [-0.2, -0.15) is 13.5 Å². The molecule has 28 heteroatoms. The van der Waals surface area contributed by atoms with Gasteiger partial charge in [0.2, 0.25) is 10.0 Å². The number of phenols is 1. The number of aryl methyl sites for hydroxylation is 2. The molecule has 60 heavy (non-hydrogen) atoms. The molecule has 0 fully saturated rings. The van der Waals surface area contributed by atoms with Crippen molar-refractivity contribution in [2.24, 2.45) is 25.6 Å². The maximum atomic E-state index is 12.6. The molecule has 0 bridgehead atoms. The topological polar surface area (TPSA) is 377 Å². The number of H-pyrrole nitrogens is 2. The minimum Gasteiger partial charge on any atom is -0.871 e. The third kappa shape index (κ3) is 11.1. The molecule has 6 aromatic rings. The number of non-ortho nitro benzene ring substituents is 2. The molecule has 4 aromatic carbocycles. The number of phenolic OH excluding ortho intramolecular Hbond substituents is 1. The number of rotatable bonds is 10. The number of nitrogens with one attached hydrogen (secondary N) is 2. The van der Waals surface area contributed by atoms with Crippen molar-refractivity contribution in [3.05, 3.63) is 137 Å². The van der Waals surface area contributed by atoms with Crippen LogP contribution < -0.4 is 56.1 Å². The molecule has 0 aliphatic carbocycles. The van der Waals surface area contributed by atoms with Crippen LogP contribution in [0.5, 0.6) is 11.5 Å². The average Bonchev–Trinajstić information content (AvgIpc) is 3.61. The molecule has 0 unspecified atom stereocenters. The molecule has 8 N–H and O–H groups in total. The summed E-state index contributed by atoms with van der Waals surface area (Å²) in [6.45, 7) is 3.10. The largest absolute Gasteiger partial charge is 1.00 e. The van der Waals surface area contributed by atoms with Crippen LogP contribution in [-0.2, 0) is 36.8 Å². The smallest absolute Gasteiger partial charge is 0.871 e. The van der Waals surface area contributed by atoms with E-state index in [4.69, 9.17) is 5.14 Å². The molecule has 0 amide bonds. The fourth-order valence-corrected chi connectivity index (χ4v) is 5.96. The summed E-state index contributed by atoms with van der Waals surface area (Å²) in [7, 11) is -7.81. The zero-order chi connectivity index (χ0) is 42.7. The Balaban J connectivity index is 0.000000310. The predicted molar refractivity (Wildman–Crippen MR) is 199 cm³/mol. The van der Waals surface area contributed by atoms with Crippen LogP contribution in [0.3, 0.4) is 0 Å². The monoisotopic (exact) mass is 918 g/mol. The van der Waals surface area contributed by atoms with E-state index in [2.05, 4.69) is 35.8 Å². The number of nitrogens with zero attached hydrogens (tertiary/aromatic N) is 8. The minimum absolute atomic E-state index is 0. The van der Waals surface area contributed by atoms with Gasteiger partial charge in [0.05, 0.1) is 43.2 Å². The van der Waals surface area contributed by atoms with Crippen LogP contribution in [-0.4, -0.2) is 51.3 Å². The van der Waals surface area contributed by atoms with Gasteiger partial charge in [0, 0.05) is 41.0 Å². The Labute approximate surface area is 369 Å². The van der Waals surface area contributed by atoms with Crippen LogP contribution in [0.25, 0.3) is 11.4 Å². The first-order valence-electron chi connectivity index (χ1n) is 15.9. The number of aromatic hydroxyl groups is 1. The molecule has 0 spiro atoms. The van der Waals surface area contributed by atoms with Crippen molar-refractivity contribution in [1.29, 1.82) is 0 Å². The maximum Gasteiger partial charge on any atom is 1.00 e. The third-order valence-corrected chi connectivity index (χ3v) is 9.68. The number of hydrogen-bond acceptors (Lipinski definition) is 16. The zero-order valence-electron chi connectivity index (χ0n) is 31.0. The molecule has 0 atom stereocenters. The molecule has 6 rings (SSSR count). The van der Waals surface area contributed by atoms with E-state index in [1.54, 1.807) is 6.92 Å². The van der Waals surface area contributed by atoms with Crippen LogP contribution >= 0.6 is 0 Å². The number of aromatic nitrogens is 4. The Bertz CT molecular complexity index is 2800. The van der Waals surface area contributed by atoms with Gasteiger partial charge in [-0.05, 0) is 68.4 Å². The van der Waals surface area contributed by atoms with E-state index in [-0.39, 0.29) is 96.0 Å². The first kappa shape index (κ1) is 48.2. The van der Waals surface area contributed by atoms with Crippen LogP contribution in [0.2, 0.25) is 0 Å². The molecular weight excluding hydrogens is 890 g/mol. The van der Waals surface area contributed by atoms with E-state index >= 15 is 0 Å². The number of primary sulfonamides is 1. The number of nitrogens with two attached hydrogens (primary N) is 1. The number of benzene rings is 4. The normalized spacial score (nSPS) is 11.4. The molecule has 0 saturated heterocycles. The molecule has 309 valence electrons. The van der Waals surface area contributed by atoms with E-state index in [0.29, 0.717) is 22.8 Å². The summed E-state index contributed by atoms with van der Waals surface area (Å²) < 4.78 is 48.1. The van der Waals surface area contributed by atoms with E-state index in [1.807, 2.05) is 0 Å². The van der Waals surface area contributed by atoms with E-state index in [9.17, 15) is 56.9 Å². The predicted octanol–water partition coefficient (Wildman–Crippen LogP) is -0.0461. The zero-order valence-corrected chi connectivity index (χ0v) is 35.7. The second kappa shape index (κ2) is 19.3. The van der Waals surface area contributed by atoms with Crippen LogP contribution in [0.15, 0.2) is 125 Å². The standard InChI is InChI=1S/2C16H14N6O6S.Co.Na/c2*1-9-15(19-18-13-8-12(29(17,27)28)6-7-14(13)23)16(24)21(20-9)10-2-4-11(5-3-10)22(25)26;;/h2*2-8,20,23H,1H3,(H2,17,27,28);;/q;;;+1. The van der Waals surface area contributed by atoms with Crippen molar-refractivity contribution in [3.8, 4) is 22.9 Å². The second-order valence-corrected chi connectivity index (χ2v) is 15.1. The van der Waals surface area contributed by atoms with Gasteiger partial charge in [0.15, 0.2) is 11.4 Å². The van der Waals surface area contributed by atoms with Crippen LogP contribution in [0, 0.1) is 34.1 Å². The molecule has 1 radical (unpaired) electrons. The van der Waals surface area contributed by atoms with Gasteiger partial charge in [-0.3, -0.25) is 40.0 Å². The quantitative estimate of drug-likeness (QED) is 0.0523. The van der Waals surface area contributed by atoms with Crippen molar-refractivity contribution in [1.82, 2.24) is 19.6 Å². The second-order valence-electron chi connectivity index (χ2n) is 11.8. The summed E-state index contributed by atoms with van der Waals surface area (Å²) in [5.74, 6) is -0.935. The summed E-state index contributed by atoms with van der Waals surface area (Å²) >= 11 is 0. The van der Waals surface area contributed by atoms with Crippen LogP contribution in [0.4, 0.5) is 34.1 Å². The number of hydrogen-bond donors (Lipinski definition) is 5. The fraction of sp³-hybridized carbons (Fsp3) is 0.0625. The molecule has 24 nitrogen and oxygen atoms in total. The van der Waals surface area contributed by atoms with Gasteiger partial charge < -0.3 is 10.2 Å². The molecular formula is C32H28CoN12NaO12S2+. The van der Waals surface area contributed by atoms with Gasteiger partial charge in [0.1, 0.15) is 16.3 Å². The first-order chi connectivity index (χ1) is 27.1. The molecule has 0 aliphatic heterocycles. The van der Waals surface area contributed by atoms with Gasteiger partial charge in [-0.25, -0.2) is 28.1 Å². The Kier molecular flexibility index (Phi) is 15.5.